The van der Waals surface area contributed by atoms with E-state index in [1.165, 1.54) is 36.4 Å². The smallest absolute Gasteiger partial charge is 0.296 e. The molecule has 0 amide bonds. The van der Waals surface area contributed by atoms with Crippen molar-refractivity contribution >= 4 is 134 Å². The number of hydrogen-bond donors (Lipinski definition) is 6. The van der Waals surface area contributed by atoms with E-state index in [9.17, 15) is 36.2 Å². The van der Waals surface area contributed by atoms with Gasteiger partial charge in [0.2, 0.25) is 33.0 Å². The molecule has 8 aromatic rings. The molecule has 8 rings (SSSR count). The number of halogens is 4. The summed E-state index contributed by atoms with van der Waals surface area (Å²) in [6.07, 6.45) is 0. The number of azo groups is 2. The van der Waals surface area contributed by atoms with Gasteiger partial charge in [-0.25, -0.2) is 0 Å². The summed E-state index contributed by atoms with van der Waals surface area (Å²) >= 11 is 23.5. The molecular formula is C44H34Cl4N12O10S2. The maximum atomic E-state index is 12.7. The van der Waals surface area contributed by atoms with E-state index in [0.29, 0.717) is 33.6 Å². The second kappa shape index (κ2) is 20.5. The van der Waals surface area contributed by atoms with Gasteiger partial charge < -0.3 is 30.3 Å². The van der Waals surface area contributed by atoms with E-state index in [-0.39, 0.29) is 90.7 Å². The Bertz CT molecular complexity index is 3530. The largest absolute Gasteiger partial charge is 0.505 e. The predicted molar refractivity (Wildman–Crippen MR) is 269 cm³/mol. The molecule has 0 saturated carbocycles. The van der Waals surface area contributed by atoms with Crippen LogP contribution in [0.15, 0.2) is 103 Å². The maximum Gasteiger partial charge on any atom is 0.296 e. The molecule has 6 N–H and O–H groups in total. The third kappa shape index (κ3) is 11.1. The fourth-order valence-corrected chi connectivity index (χ4v) is 9.34. The number of ether oxygens (including phenoxy) is 2. The highest BCUT2D eigenvalue weighted by molar-refractivity contribution is 7.86. The Hall–Kier alpha value is -7.16. The summed E-state index contributed by atoms with van der Waals surface area (Å²) < 4.78 is 83.5. The number of hydrogen-bond acceptors (Lipinski definition) is 20. The standard InChI is InChI=1S/C44H34Cl4N12O10S2/c1-5-69-31-17-27(19(3)11-29(31)57-59-35-33(71(63,64)65)15-21-13-23(7-9-25(21)37(35)61)49-43-53-39(45)51-40(46)54-43)28-18-32(70-6-2)30(12-20(28)4)58-60-36-34(72(66,67)68)16-22-14-24(8-10-26(22)38(36)62)50-44-55-41(47)52-42(48)56-44/h7-18,61-62H,5-6H2,1-4H3,(H,63,64,65)(H,66,67,68)(H,49,51,53,54)(H,50,52,55,56). The molecule has 22 nitrogen and oxygen atoms in total. The van der Waals surface area contributed by atoms with Gasteiger partial charge in [-0.05, 0) is 180 Å². The van der Waals surface area contributed by atoms with Crippen LogP contribution in [0.1, 0.15) is 25.0 Å². The number of anilines is 4. The van der Waals surface area contributed by atoms with Gasteiger partial charge in [-0.3, -0.25) is 9.11 Å². The third-order valence-electron chi connectivity index (χ3n) is 10.3. The Morgan fingerprint density at radius 1 is 0.528 bits per heavy atom. The van der Waals surface area contributed by atoms with E-state index in [2.05, 4.69) is 61.0 Å². The van der Waals surface area contributed by atoms with Gasteiger partial charge in [-0.15, -0.1) is 20.5 Å². The van der Waals surface area contributed by atoms with Crippen molar-refractivity contribution in [2.24, 2.45) is 20.5 Å². The van der Waals surface area contributed by atoms with Gasteiger partial charge in [0, 0.05) is 22.1 Å². The SMILES string of the molecule is CCOc1cc(-c2cc(OCC)c(N=Nc3c(S(=O)(=O)O)cc4cc(Nc5nc(Cl)nc(Cl)n5)ccc4c3O)cc2C)c(C)cc1N=Nc1c(S(=O)(=O)O)cc2cc(Nc3nc(Cl)nc(Cl)n3)ccc2c1O. The fraction of sp³-hybridized carbons (Fsp3) is 0.136. The topological polar surface area (TPSA) is 318 Å². The molecule has 0 aliphatic heterocycles. The zero-order valence-corrected chi connectivity index (χ0v) is 42.0. The summed E-state index contributed by atoms with van der Waals surface area (Å²) in [6.45, 7) is 7.35. The number of rotatable bonds is 15. The van der Waals surface area contributed by atoms with Crippen LogP contribution in [0.3, 0.4) is 0 Å². The normalized spacial score (nSPS) is 12.1. The summed E-state index contributed by atoms with van der Waals surface area (Å²) in [5.74, 6) is -0.822. The quantitative estimate of drug-likeness (QED) is 0.0410. The van der Waals surface area contributed by atoms with Crippen molar-refractivity contribution in [3.63, 3.8) is 0 Å². The zero-order valence-electron chi connectivity index (χ0n) is 37.4. The molecule has 0 aliphatic rings. The summed E-state index contributed by atoms with van der Waals surface area (Å²) in [7, 11) is -10.00. The average Bonchev–Trinajstić information content (AvgIpc) is 3.28. The lowest BCUT2D eigenvalue weighted by Crippen LogP contribution is -2.01. The van der Waals surface area contributed by atoms with Crippen molar-refractivity contribution in [3.05, 3.63) is 105 Å². The summed E-state index contributed by atoms with van der Waals surface area (Å²) in [5, 5.41) is 45.3. The fourth-order valence-electron chi connectivity index (χ4n) is 7.30. The average molecular weight is 1100 g/mol. The zero-order chi connectivity index (χ0) is 51.8. The Morgan fingerprint density at radius 3 is 1.22 bits per heavy atom. The predicted octanol–water partition coefficient (Wildman–Crippen LogP) is 12.3. The van der Waals surface area contributed by atoms with Crippen LogP contribution in [-0.4, -0.2) is 79.3 Å². The number of aryl methyl sites for hydroxylation is 2. The van der Waals surface area contributed by atoms with E-state index in [1.54, 1.807) is 52.0 Å². The first-order valence-corrected chi connectivity index (χ1v) is 25.1. The van der Waals surface area contributed by atoms with Gasteiger partial charge in [-0.1, -0.05) is 0 Å². The van der Waals surface area contributed by atoms with Gasteiger partial charge in [-0.2, -0.15) is 46.7 Å². The Kier molecular flexibility index (Phi) is 14.6. The second-order valence-electron chi connectivity index (χ2n) is 15.1. The van der Waals surface area contributed by atoms with Crippen LogP contribution >= 0.6 is 46.4 Å². The molecule has 0 fully saturated rings. The van der Waals surface area contributed by atoms with Crippen LogP contribution in [0.2, 0.25) is 21.1 Å². The molecule has 6 aromatic carbocycles. The summed E-state index contributed by atoms with van der Waals surface area (Å²) in [6, 6.07) is 17.7. The van der Waals surface area contributed by atoms with Gasteiger partial charge in [0.05, 0.1) is 13.2 Å². The van der Waals surface area contributed by atoms with Crippen LogP contribution in [0, 0.1) is 13.8 Å². The Labute approximate surface area is 428 Å². The van der Waals surface area contributed by atoms with Crippen LogP contribution in [0.5, 0.6) is 23.0 Å². The van der Waals surface area contributed by atoms with E-state index in [0.717, 1.165) is 12.1 Å². The first-order chi connectivity index (χ1) is 34.1. The van der Waals surface area contributed by atoms with Gasteiger partial charge in [0.25, 0.3) is 20.2 Å². The molecular weight excluding hydrogens is 1060 g/mol. The first-order valence-electron chi connectivity index (χ1n) is 20.7. The molecule has 370 valence electrons. The van der Waals surface area contributed by atoms with Crippen molar-refractivity contribution in [2.75, 3.05) is 23.8 Å². The number of aromatic nitrogens is 6. The Balaban J connectivity index is 1.13. The van der Waals surface area contributed by atoms with Crippen LogP contribution in [0.4, 0.5) is 46.0 Å². The summed E-state index contributed by atoms with van der Waals surface area (Å²) in [5.41, 5.74) is 2.37. The first kappa shape index (κ1) is 51.2. The molecule has 0 spiro atoms. The lowest BCUT2D eigenvalue weighted by atomic mass is 9.95. The van der Waals surface area contributed by atoms with Crippen molar-refractivity contribution in [3.8, 4) is 34.1 Å². The highest BCUT2D eigenvalue weighted by Gasteiger charge is 2.25. The third-order valence-corrected chi connectivity index (χ3v) is 12.8. The number of nitrogens with one attached hydrogen (secondary N) is 2. The highest BCUT2D eigenvalue weighted by Crippen LogP contribution is 2.47. The summed E-state index contributed by atoms with van der Waals surface area (Å²) in [4.78, 5) is 21.6. The lowest BCUT2D eigenvalue weighted by Gasteiger charge is -2.16. The monoisotopic (exact) mass is 1090 g/mol. The van der Waals surface area contributed by atoms with Gasteiger partial charge >= 0.3 is 0 Å². The number of nitrogens with zero attached hydrogens (tertiary/aromatic N) is 10. The molecule has 0 atom stereocenters. The van der Waals surface area contributed by atoms with Crippen molar-refractivity contribution in [2.45, 2.75) is 37.5 Å². The highest BCUT2D eigenvalue weighted by atomic mass is 35.5. The number of phenolic OH excluding ortho intramolecular Hbond substituents is 2. The van der Waals surface area contributed by atoms with E-state index >= 15 is 0 Å². The van der Waals surface area contributed by atoms with Crippen LogP contribution in [0.25, 0.3) is 32.7 Å². The van der Waals surface area contributed by atoms with Gasteiger partial charge in [0.15, 0.2) is 11.5 Å². The molecule has 0 bridgehead atoms. The maximum absolute atomic E-state index is 12.7. The molecule has 0 aliphatic carbocycles. The number of phenols is 2. The van der Waals surface area contributed by atoms with E-state index in [1.807, 2.05) is 0 Å². The molecule has 2 heterocycles. The minimum absolute atomic E-state index is 0.0125. The number of benzene rings is 6. The molecule has 0 unspecified atom stereocenters. The minimum atomic E-state index is -5.00. The van der Waals surface area contributed by atoms with Crippen molar-refractivity contribution < 1.29 is 45.6 Å². The van der Waals surface area contributed by atoms with Crippen LogP contribution in [-0.2, 0) is 20.2 Å². The van der Waals surface area contributed by atoms with Crippen molar-refractivity contribution in [1.29, 1.82) is 0 Å². The number of fused-ring (bicyclic) bond motifs is 2. The van der Waals surface area contributed by atoms with E-state index in [4.69, 9.17) is 55.9 Å². The second-order valence-corrected chi connectivity index (χ2v) is 19.3. The lowest BCUT2D eigenvalue weighted by molar-refractivity contribution is 0.340. The molecule has 2 aromatic heterocycles. The number of aromatic hydroxyl groups is 2. The molecule has 28 heteroatoms. The molecule has 0 radical (unpaired) electrons. The van der Waals surface area contributed by atoms with Crippen LogP contribution < -0.4 is 20.1 Å². The van der Waals surface area contributed by atoms with Crippen molar-refractivity contribution in [1.82, 2.24) is 29.9 Å². The Morgan fingerprint density at radius 2 is 0.889 bits per heavy atom. The van der Waals surface area contributed by atoms with Gasteiger partial charge in [0.1, 0.15) is 44.0 Å². The molecule has 72 heavy (non-hydrogen) atoms. The van der Waals surface area contributed by atoms with E-state index < -0.39 is 52.9 Å². The minimum Gasteiger partial charge on any atom is -0.505 e. The molecule has 0 saturated heterocycles.